The first-order valence-electron chi connectivity index (χ1n) is 6.67. The first-order chi connectivity index (χ1) is 9.44. The van der Waals surface area contributed by atoms with Crippen LogP contribution in [0.3, 0.4) is 0 Å². The molecule has 2 N–H and O–H groups in total. The average molecular weight is 313 g/mol. The Morgan fingerprint density at radius 1 is 1.40 bits per heavy atom. The van der Waals surface area contributed by atoms with Gasteiger partial charge in [-0.2, -0.15) is 4.31 Å². The lowest BCUT2D eigenvalue weighted by Gasteiger charge is -2.30. The topological polar surface area (TPSA) is 76.3 Å². The average Bonchev–Trinajstić information content (AvgIpc) is 2.47. The molecule has 1 aliphatic rings. The lowest BCUT2D eigenvalue weighted by atomic mass is 9.96. The third kappa shape index (κ3) is 2.99. The Hall–Kier alpha value is -1.05. The number of sulfonamides is 1. The third-order valence-corrected chi connectivity index (χ3v) is 5.89. The molecule has 0 unspecified atom stereocenters. The number of thiocarbonyl (C=S) groups is 1. The SMILES string of the molecule is CN(C1CCCCC1)S(=O)(=O)c1cccnc1C(N)=S. The summed E-state index contributed by atoms with van der Waals surface area (Å²) in [5.74, 6) is 0. The maximum atomic E-state index is 12.7. The van der Waals surface area contributed by atoms with Crippen molar-refractivity contribution in [3.05, 3.63) is 24.0 Å². The first kappa shape index (κ1) is 15.3. The summed E-state index contributed by atoms with van der Waals surface area (Å²) in [7, 11) is -1.98. The van der Waals surface area contributed by atoms with E-state index in [1.165, 1.54) is 23.0 Å². The van der Waals surface area contributed by atoms with Gasteiger partial charge in [0, 0.05) is 19.3 Å². The second kappa shape index (κ2) is 6.15. The van der Waals surface area contributed by atoms with E-state index in [4.69, 9.17) is 18.0 Å². The van der Waals surface area contributed by atoms with E-state index in [2.05, 4.69) is 4.98 Å². The zero-order valence-corrected chi connectivity index (χ0v) is 13.1. The lowest BCUT2D eigenvalue weighted by molar-refractivity contribution is 0.285. The smallest absolute Gasteiger partial charge is 0.245 e. The molecule has 1 heterocycles. The van der Waals surface area contributed by atoms with Gasteiger partial charge in [-0.15, -0.1) is 0 Å². The number of hydrogen-bond donors (Lipinski definition) is 1. The third-order valence-electron chi connectivity index (χ3n) is 3.75. The van der Waals surface area contributed by atoms with Crippen LogP contribution in [0.1, 0.15) is 37.8 Å². The predicted octanol–water partition coefficient (Wildman–Crippen LogP) is 1.67. The summed E-state index contributed by atoms with van der Waals surface area (Å²) in [6.45, 7) is 0. The Bertz CT molecular complexity index is 595. The van der Waals surface area contributed by atoms with Gasteiger partial charge in [0.15, 0.2) is 0 Å². The molecule has 5 nitrogen and oxygen atoms in total. The van der Waals surface area contributed by atoms with Crippen LogP contribution in [0, 0.1) is 0 Å². The Morgan fingerprint density at radius 2 is 2.05 bits per heavy atom. The van der Waals surface area contributed by atoms with Crippen molar-refractivity contribution in [3.63, 3.8) is 0 Å². The van der Waals surface area contributed by atoms with E-state index in [-0.39, 0.29) is 21.6 Å². The van der Waals surface area contributed by atoms with Gasteiger partial charge in [-0.1, -0.05) is 31.5 Å². The zero-order chi connectivity index (χ0) is 14.8. The minimum Gasteiger partial charge on any atom is -0.388 e. The summed E-state index contributed by atoms with van der Waals surface area (Å²) in [6, 6.07) is 3.15. The summed E-state index contributed by atoms with van der Waals surface area (Å²) in [4.78, 5) is 4.10. The summed E-state index contributed by atoms with van der Waals surface area (Å²) >= 11 is 4.89. The number of aromatic nitrogens is 1. The number of nitrogens with zero attached hydrogens (tertiary/aromatic N) is 2. The van der Waals surface area contributed by atoms with Gasteiger partial charge in [-0.3, -0.25) is 4.98 Å². The van der Waals surface area contributed by atoms with E-state index >= 15 is 0 Å². The molecule has 1 saturated carbocycles. The second-order valence-corrected chi connectivity index (χ2v) is 7.43. The molecule has 0 amide bonds. The van der Waals surface area contributed by atoms with Gasteiger partial charge in [-0.25, -0.2) is 8.42 Å². The van der Waals surface area contributed by atoms with Crippen molar-refractivity contribution in [2.45, 2.75) is 43.0 Å². The summed E-state index contributed by atoms with van der Waals surface area (Å²) in [5.41, 5.74) is 5.75. The number of rotatable bonds is 4. The van der Waals surface area contributed by atoms with Crippen molar-refractivity contribution in [2.75, 3.05) is 7.05 Å². The summed E-state index contributed by atoms with van der Waals surface area (Å²) < 4.78 is 26.9. The molecule has 0 saturated heterocycles. The standard InChI is InChI=1S/C13H19N3O2S2/c1-16(10-6-3-2-4-7-10)20(17,18)11-8-5-9-15-12(11)13(14)19/h5,8-10H,2-4,6-7H2,1H3,(H2,14,19). The van der Waals surface area contributed by atoms with Gasteiger partial charge in [0.2, 0.25) is 10.0 Å². The molecule has 0 spiro atoms. The molecule has 0 aliphatic heterocycles. The molecule has 2 rings (SSSR count). The van der Waals surface area contributed by atoms with Gasteiger partial charge < -0.3 is 5.73 Å². The van der Waals surface area contributed by atoms with Gasteiger partial charge in [0.25, 0.3) is 0 Å². The van der Waals surface area contributed by atoms with Crippen molar-refractivity contribution in [1.29, 1.82) is 0 Å². The predicted molar refractivity (Wildman–Crippen MR) is 81.9 cm³/mol. The molecule has 0 atom stereocenters. The number of pyridine rings is 1. The molecule has 1 aromatic rings. The van der Waals surface area contributed by atoms with Gasteiger partial charge in [0.1, 0.15) is 15.6 Å². The van der Waals surface area contributed by atoms with E-state index < -0.39 is 10.0 Å². The molecular formula is C13H19N3O2S2. The van der Waals surface area contributed by atoms with E-state index in [0.717, 1.165) is 25.7 Å². The molecule has 0 bridgehead atoms. The minimum atomic E-state index is -3.61. The number of hydrogen-bond acceptors (Lipinski definition) is 4. The lowest BCUT2D eigenvalue weighted by Crippen LogP contribution is -2.39. The Labute approximate surface area is 125 Å². The highest BCUT2D eigenvalue weighted by atomic mass is 32.2. The normalized spacial score (nSPS) is 17.3. The first-order valence-corrected chi connectivity index (χ1v) is 8.52. The largest absolute Gasteiger partial charge is 0.388 e. The second-order valence-electron chi connectivity index (χ2n) is 5.03. The highest BCUT2D eigenvalue weighted by Gasteiger charge is 2.31. The van der Waals surface area contributed by atoms with E-state index in [0.29, 0.717) is 0 Å². The maximum absolute atomic E-state index is 12.7. The molecule has 1 aliphatic carbocycles. The monoisotopic (exact) mass is 313 g/mol. The van der Waals surface area contributed by atoms with Crippen LogP contribution in [-0.4, -0.2) is 35.8 Å². The molecule has 20 heavy (non-hydrogen) atoms. The zero-order valence-electron chi connectivity index (χ0n) is 11.4. The van der Waals surface area contributed by atoms with Crippen molar-refractivity contribution < 1.29 is 8.42 Å². The molecule has 1 aromatic heterocycles. The van der Waals surface area contributed by atoms with Crippen molar-refractivity contribution in [2.24, 2.45) is 5.73 Å². The fourth-order valence-electron chi connectivity index (χ4n) is 2.58. The fraction of sp³-hybridized carbons (Fsp3) is 0.538. The Balaban J connectivity index is 2.37. The highest BCUT2D eigenvalue weighted by Crippen LogP contribution is 2.27. The van der Waals surface area contributed by atoms with Crippen LogP contribution < -0.4 is 5.73 Å². The van der Waals surface area contributed by atoms with Crippen LogP contribution in [0.5, 0.6) is 0 Å². The molecule has 1 fully saturated rings. The van der Waals surface area contributed by atoms with E-state index in [1.54, 1.807) is 13.1 Å². The van der Waals surface area contributed by atoms with E-state index in [9.17, 15) is 8.42 Å². The van der Waals surface area contributed by atoms with Gasteiger partial charge in [0.05, 0.1) is 0 Å². The van der Waals surface area contributed by atoms with Crippen LogP contribution in [0.2, 0.25) is 0 Å². The van der Waals surface area contributed by atoms with Crippen LogP contribution in [0.4, 0.5) is 0 Å². The molecule has 0 aromatic carbocycles. The van der Waals surface area contributed by atoms with Crippen LogP contribution in [0.15, 0.2) is 23.2 Å². The van der Waals surface area contributed by atoms with Crippen molar-refractivity contribution >= 4 is 27.2 Å². The molecule has 110 valence electrons. The Morgan fingerprint density at radius 3 is 2.65 bits per heavy atom. The van der Waals surface area contributed by atoms with Crippen molar-refractivity contribution in [3.8, 4) is 0 Å². The van der Waals surface area contributed by atoms with Gasteiger partial charge >= 0.3 is 0 Å². The van der Waals surface area contributed by atoms with Crippen LogP contribution in [0.25, 0.3) is 0 Å². The molecular weight excluding hydrogens is 294 g/mol. The molecule has 7 heteroatoms. The van der Waals surface area contributed by atoms with E-state index in [1.807, 2.05) is 0 Å². The maximum Gasteiger partial charge on any atom is 0.245 e. The summed E-state index contributed by atoms with van der Waals surface area (Å²) in [5, 5.41) is 0. The quantitative estimate of drug-likeness (QED) is 0.856. The van der Waals surface area contributed by atoms with Gasteiger partial charge in [-0.05, 0) is 25.0 Å². The summed E-state index contributed by atoms with van der Waals surface area (Å²) in [6.07, 6.45) is 6.61. The highest BCUT2D eigenvalue weighted by molar-refractivity contribution is 7.89. The number of nitrogens with two attached hydrogens (primary N) is 1. The fourth-order valence-corrected chi connectivity index (χ4v) is 4.38. The van der Waals surface area contributed by atoms with Crippen molar-refractivity contribution in [1.82, 2.24) is 9.29 Å². The Kier molecular flexibility index (Phi) is 4.72. The minimum absolute atomic E-state index is 0.00113. The molecule has 0 radical (unpaired) electrons. The van der Waals surface area contributed by atoms with Crippen LogP contribution >= 0.6 is 12.2 Å². The van der Waals surface area contributed by atoms with Crippen LogP contribution in [-0.2, 0) is 10.0 Å².